The first-order valence-electron chi connectivity index (χ1n) is 42.9. The molecule has 0 unspecified atom stereocenters. The van der Waals surface area contributed by atoms with Gasteiger partial charge in [-0.05, 0) is 146 Å². The molecule has 0 saturated carbocycles. The van der Waals surface area contributed by atoms with Crippen LogP contribution in [0.5, 0.6) is 0 Å². The average molecular weight is 1660 g/mol. The van der Waals surface area contributed by atoms with E-state index in [1.54, 1.807) is 11.3 Å². The van der Waals surface area contributed by atoms with Gasteiger partial charge in [-0.1, -0.05) is 255 Å². The van der Waals surface area contributed by atoms with E-state index >= 15 is 0 Å². The van der Waals surface area contributed by atoms with Crippen LogP contribution in [0.15, 0.2) is 414 Å². The van der Waals surface area contributed by atoms with Crippen LogP contribution in [-0.2, 0) is 0 Å². The van der Waals surface area contributed by atoms with Crippen molar-refractivity contribution in [1.29, 1.82) is 0 Å². The first-order valence-corrected chi connectivity index (χ1v) is 43.7. The Bertz CT molecular complexity index is 9370. The number of benzene rings is 18. The van der Waals surface area contributed by atoms with E-state index in [1.165, 1.54) is 53.2 Å². The Morgan fingerprint density at radius 3 is 0.961 bits per heavy atom. The zero-order chi connectivity index (χ0) is 83.8. The Labute approximate surface area is 732 Å². The fraction of sp³-hybridized carbons (Fsp3) is 0. The maximum absolute atomic E-state index is 6.48. The number of para-hydroxylation sites is 6. The second kappa shape index (κ2) is 28.2. The number of furan rings is 3. The van der Waals surface area contributed by atoms with E-state index in [9.17, 15) is 0 Å². The van der Waals surface area contributed by atoms with Crippen LogP contribution in [0.25, 0.3) is 264 Å². The molecule has 10 aromatic heterocycles. The fourth-order valence-corrected chi connectivity index (χ4v) is 21.0. The van der Waals surface area contributed by atoms with Gasteiger partial charge in [0.05, 0.1) is 54.5 Å². The number of hydrogen-bond donors (Lipinski definition) is 0. The van der Waals surface area contributed by atoms with Crippen LogP contribution in [0.1, 0.15) is 0 Å². The largest absolute Gasteiger partial charge is 0.456 e. The maximum atomic E-state index is 6.48. The smallest absolute Gasteiger partial charge is 0.165 e. The van der Waals surface area contributed by atoms with Gasteiger partial charge in [-0.3, -0.25) is 0 Å². The van der Waals surface area contributed by atoms with E-state index in [0.717, 1.165) is 176 Å². The highest BCUT2D eigenvalue weighted by Crippen LogP contribution is 2.48. The van der Waals surface area contributed by atoms with Crippen molar-refractivity contribution < 1.29 is 13.3 Å². The molecule has 0 radical (unpaired) electrons. The Balaban J connectivity index is 0.000000132. The van der Waals surface area contributed by atoms with Crippen molar-refractivity contribution in [3.05, 3.63) is 400 Å². The third-order valence-corrected chi connectivity index (χ3v) is 26.8. The van der Waals surface area contributed by atoms with Crippen molar-refractivity contribution >= 4 is 185 Å². The molecule has 0 fully saturated rings. The van der Waals surface area contributed by atoms with E-state index in [1.807, 2.05) is 133 Å². The highest BCUT2D eigenvalue weighted by Gasteiger charge is 2.26. The summed E-state index contributed by atoms with van der Waals surface area (Å²) in [5.41, 5.74) is 24.4. The number of aromatic nitrogens is 10. The number of fused-ring (bicyclic) bond motifs is 24. The van der Waals surface area contributed by atoms with E-state index in [2.05, 4.69) is 285 Å². The standard InChI is InChI=1S/C57H33N5O2.C57H33N5OS/c1-3-13-34(14-4-1)55-58-56(35-15-5-2-6-16-35)60-57(59-55)36-23-27-52-44(29-36)45-31-38(25-28-53(45)63-52)61-47-20-10-7-17-39(47)42-30-37(24-26-49(42)61)62-48-21-11-8-18-40(48)43-33-54-46(32-50(43)62)41-19-9-12-22-51(41)64-54;1-3-15-34(16-4-1)55-58-56(35-17-5-2-6-18-35)60-57(59-55)42-24-13-22-40-41-23-14-27-49(54(41)64-53(40)42)62-47-26-11-8-19-37(47)43-31-36(29-30-48(43)62)61-46-25-10-7-20-38(46)44-33-52-45(32-50(44)61)39-21-9-12-28-51(39)63-52/h2*1-33H. The van der Waals surface area contributed by atoms with Gasteiger partial charge in [-0.2, -0.15) is 0 Å². The molecule has 596 valence electrons. The minimum Gasteiger partial charge on any atom is -0.456 e. The van der Waals surface area contributed by atoms with Crippen molar-refractivity contribution in [3.8, 4) is 91.1 Å². The summed E-state index contributed by atoms with van der Waals surface area (Å²) in [5, 5.41) is 18.3. The lowest BCUT2D eigenvalue weighted by molar-refractivity contribution is 0.668. The summed E-state index contributed by atoms with van der Waals surface area (Å²) in [6, 6.07) is 141. The van der Waals surface area contributed by atoms with Crippen molar-refractivity contribution in [1.82, 2.24) is 48.2 Å². The normalized spacial score (nSPS) is 12.1. The van der Waals surface area contributed by atoms with Gasteiger partial charge in [0.1, 0.15) is 33.5 Å². The number of thiophene rings is 1. The molecule has 0 spiro atoms. The summed E-state index contributed by atoms with van der Waals surface area (Å²) in [5.74, 6) is 3.81. The van der Waals surface area contributed by atoms with Gasteiger partial charge in [0, 0.05) is 141 Å². The average Bonchev–Trinajstić information content (AvgIpc) is 1.57. The predicted molar refractivity (Wildman–Crippen MR) is 524 cm³/mol. The number of nitrogens with zero attached hydrogens (tertiary/aromatic N) is 10. The van der Waals surface area contributed by atoms with Gasteiger partial charge < -0.3 is 31.5 Å². The predicted octanol–water partition coefficient (Wildman–Crippen LogP) is 30.2. The number of rotatable bonds is 10. The van der Waals surface area contributed by atoms with Gasteiger partial charge in [-0.15, -0.1) is 11.3 Å². The molecule has 18 aromatic carbocycles. The van der Waals surface area contributed by atoms with Crippen LogP contribution in [0.2, 0.25) is 0 Å². The van der Waals surface area contributed by atoms with Crippen molar-refractivity contribution in [2.45, 2.75) is 0 Å². The molecule has 0 N–H and O–H groups in total. The van der Waals surface area contributed by atoms with Crippen LogP contribution < -0.4 is 0 Å². The molecule has 10 heterocycles. The molecule has 0 atom stereocenters. The lowest BCUT2D eigenvalue weighted by Crippen LogP contribution is -2.00. The molecule has 0 saturated heterocycles. The third-order valence-electron chi connectivity index (χ3n) is 25.5. The van der Waals surface area contributed by atoms with E-state index in [4.69, 9.17) is 43.2 Å². The quantitative estimate of drug-likeness (QED) is 0.131. The maximum Gasteiger partial charge on any atom is 0.165 e. The highest BCUT2D eigenvalue weighted by atomic mass is 32.1. The summed E-state index contributed by atoms with van der Waals surface area (Å²) in [4.78, 5) is 30.2. The van der Waals surface area contributed by atoms with Crippen molar-refractivity contribution in [2.24, 2.45) is 0 Å². The van der Waals surface area contributed by atoms with Gasteiger partial charge >= 0.3 is 0 Å². The van der Waals surface area contributed by atoms with Crippen LogP contribution in [0.4, 0.5) is 0 Å². The minimum atomic E-state index is 0.601. The zero-order valence-electron chi connectivity index (χ0n) is 68.2. The fourth-order valence-electron chi connectivity index (χ4n) is 19.7. The second-order valence-corrected chi connectivity index (χ2v) is 33.8. The molecule has 0 aliphatic rings. The Hall–Kier alpha value is -17.2. The summed E-state index contributed by atoms with van der Waals surface area (Å²) in [6.07, 6.45) is 0. The van der Waals surface area contributed by atoms with Gasteiger partial charge in [-0.25, -0.2) is 29.9 Å². The molecular formula is C114H66N10O3S. The van der Waals surface area contributed by atoms with Crippen molar-refractivity contribution in [2.75, 3.05) is 0 Å². The molecule has 28 rings (SSSR count). The molecule has 0 bridgehead atoms. The molecular weight excluding hydrogens is 1590 g/mol. The first kappa shape index (κ1) is 71.4. The van der Waals surface area contributed by atoms with Crippen LogP contribution in [0.3, 0.4) is 0 Å². The lowest BCUT2D eigenvalue weighted by atomic mass is 10.1. The molecule has 128 heavy (non-hydrogen) atoms. The third kappa shape index (κ3) is 11.1. The van der Waals surface area contributed by atoms with Crippen LogP contribution >= 0.6 is 11.3 Å². The Morgan fingerprint density at radius 2 is 0.484 bits per heavy atom. The SMILES string of the molecule is c1ccc(-c2nc(-c3ccccc3)nc(-c3ccc4oc5ccc(-n6c7ccccc7c7cc(-n8c9ccccc9c9cc%10oc%11ccccc%11c%10cc98)ccc76)cc5c4c3)n2)cc1.c1ccc(-c2nc(-c3ccccc3)nc(-c3cccc4c3sc3c(-n5c6ccccc6c6cc(-n7c8ccccc8c8cc9oc%10ccccc%10c9cc87)ccc65)cccc34)n2)cc1. The summed E-state index contributed by atoms with van der Waals surface area (Å²) < 4.78 is 31.2. The van der Waals surface area contributed by atoms with Gasteiger partial charge in [0.25, 0.3) is 0 Å². The van der Waals surface area contributed by atoms with E-state index in [-0.39, 0.29) is 0 Å². The topological polar surface area (TPSA) is 136 Å². The van der Waals surface area contributed by atoms with Crippen LogP contribution in [-0.4, -0.2) is 48.2 Å². The summed E-state index contributed by atoms with van der Waals surface area (Å²) in [6.45, 7) is 0. The number of hydrogen-bond acceptors (Lipinski definition) is 10. The molecule has 0 aliphatic heterocycles. The van der Waals surface area contributed by atoms with E-state index < -0.39 is 0 Å². The second-order valence-electron chi connectivity index (χ2n) is 32.7. The molecule has 14 heteroatoms. The molecule has 28 aromatic rings. The van der Waals surface area contributed by atoms with Gasteiger partial charge in [0.15, 0.2) is 34.9 Å². The monoisotopic (exact) mass is 1650 g/mol. The summed E-state index contributed by atoms with van der Waals surface area (Å²) in [7, 11) is 0. The molecule has 0 aliphatic carbocycles. The Kier molecular flexibility index (Phi) is 15.7. The van der Waals surface area contributed by atoms with Crippen molar-refractivity contribution in [3.63, 3.8) is 0 Å². The molecule has 0 amide bonds. The zero-order valence-corrected chi connectivity index (χ0v) is 69.0. The van der Waals surface area contributed by atoms with E-state index in [0.29, 0.717) is 34.9 Å². The highest BCUT2D eigenvalue weighted by molar-refractivity contribution is 7.26. The van der Waals surface area contributed by atoms with Crippen LogP contribution in [0, 0.1) is 0 Å². The Morgan fingerprint density at radius 1 is 0.172 bits per heavy atom. The first-order chi connectivity index (χ1) is 63.4. The van der Waals surface area contributed by atoms with Gasteiger partial charge in [0.2, 0.25) is 0 Å². The summed E-state index contributed by atoms with van der Waals surface area (Å²) >= 11 is 1.80. The minimum absolute atomic E-state index is 0.601. The molecule has 13 nitrogen and oxygen atoms in total. The lowest BCUT2D eigenvalue weighted by Gasteiger charge is -2.11.